The second-order valence-electron chi connectivity index (χ2n) is 7.23. The molecule has 10 heteroatoms. The van der Waals surface area contributed by atoms with Crippen molar-refractivity contribution in [1.29, 1.82) is 0 Å². The van der Waals surface area contributed by atoms with Gasteiger partial charge in [-0.15, -0.1) is 0 Å². The number of para-hydroxylation sites is 1. The molecule has 0 unspecified atom stereocenters. The van der Waals surface area contributed by atoms with Crippen molar-refractivity contribution in [1.82, 2.24) is 4.31 Å². The van der Waals surface area contributed by atoms with Crippen LogP contribution in [0.15, 0.2) is 48.5 Å². The van der Waals surface area contributed by atoms with Crippen LogP contribution in [0, 0.1) is 11.6 Å². The Bertz CT molecular complexity index is 1100. The van der Waals surface area contributed by atoms with Crippen LogP contribution in [-0.4, -0.2) is 43.4 Å². The minimum absolute atomic E-state index is 0.0221. The van der Waals surface area contributed by atoms with E-state index in [2.05, 4.69) is 0 Å². The fourth-order valence-electron chi connectivity index (χ4n) is 3.73. The van der Waals surface area contributed by atoms with Gasteiger partial charge in [0.05, 0.1) is 11.4 Å². The molecule has 4 rings (SSSR count). The maximum absolute atomic E-state index is 13.8. The zero-order chi connectivity index (χ0) is 21.5. The van der Waals surface area contributed by atoms with E-state index in [4.69, 9.17) is 4.74 Å². The molecule has 2 amide bonds. The molecule has 0 saturated carbocycles. The number of carbonyl (C=O) groups excluding carboxylic acids is 2. The summed E-state index contributed by atoms with van der Waals surface area (Å²) >= 11 is 0. The van der Waals surface area contributed by atoms with E-state index in [1.54, 1.807) is 30.3 Å². The van der Waals surface area contributed by atoms with E-state index in [0.29, 0.717) is 5.69 Å². The Labute approximate surface area is 171 Å². The first kappa shape index (κ1) is 20.4. The van der Waals surface area contributed by atoms with E-state index < -0.39 is 45.0 Å². The van der Waals surface area contributed by atoms with Crippen molar-refractivity contribution in [3.8, 4) is 0 Å². The molecule has 1 spiro atoms. The van der Waals surface area contributed by atoms with Crippen LogP contribution < -0.4 is 4.90 Å². The summed E-state index contributed by atoms with van der Waals surface area (Å²) in [5.74, 6) is -2.78. The maximum Gasteiger partial charge on any atom is 0.422 e. The number of benzene rings is 2. The number of imide groups is 1. The fourth-order valence-corrected chi connectivity index (χ4v) is 5.26. The van der Waals surface area contributed by atoms with E-state index >= 15 is 0 Å². The summed E-state index contributed by atoms with van der Waals surface area (Å²) in [5, 5.41) is 0. The van der Waals surface area contributed by atoms with Gasteiger partial charge < -0.3 is 4.74 Å². The Balaban J connectivity index is 1.49. The summed E-state index contributed by atoms with van der Waals surface area (Å²) in [7, 11) is -3.96. The Morgan fingerprint density at radius 2 is 1.67 bits per heavy atom. The van der Waals surface area contributed by atoms with Crippen molar-refractivity contribution in [3.05, 3.63) is 65.7 Å². The van der Waals surface area contributed by atoms with Crippen molar-refractivity contribution >= 4 is 27.7 Å². The lowest BCUT2D eigenvalue weighted by atomic mass is 9.91. The third-order valence-corrected chi connectivity index (χ3v) is 7.17. The van der Waals surface area contributed by atoms with Gasteiger partial charge in [0, 0.05) is 31.5 Å². The predicted molar refractivity (Wildman–Crippen MR) is 103 cm³/mol. The highest BCUT2D eigenvalue weighted by molar-refractivity contribution is 7.88. The minimum atomic E-state index is -3.96. The standard InChI is InChI=1S/C20H18F2N2O5S/c21-15-6-7-17(22)14(12-15)13-30(27,28)23-10-8-20(9-11-23)18(25)24(19(26)29-20)16-4-2-1-3-5-16/h1-7,12H,8-11,13H2. The van der Waals surface area contributed by atoms with Gasteiger partial charge in [0.2, 0.25) is 10.0 Å². The second-order valence-corrected chi connectivity index (χ2v) is 9.20. The molecule has 0 bridgehead atoms. The van der Waals surface area contributed by atoms with E-state index in [0.717, 1.165) is 27.4 Å². The molecule has 2 fully saturated rings. The van der Waals surface area contributed by atoms with Gasteiger partial charge in [-0.1, -0.05) is 18.2 Å². The monoisotopic (exact) mass is 436 g/mol. The van der Waals surface area contributed by atoms with Gasteiger partial charge in [0.1, 0.15) is 11.6 Å². The normalized spacial score (nSPS) is 19.3. The number of ether oxygens (including phenoxy) is 1. The van der Waals surface area contributed by atoms with Crippen molar-refractivity contribution in [2.24, 2.45) is 0 Å². The number of anilines is 1. The molecule has 0 radical (unpaired) electrons. The van der Waals surface area contributed by atoms with Gasteiger partial charge in [-0.25, -0.2) is 31.2 Å². The number of hydrogen-bond acceptors (Lipinski definition) is 5. The van der Waals surface area contributed by atoms with Crippen molar-refractivity contribution in [2.45, 2.75) is 24.2 Å². The minimum Gasteiger partial charge on any atom is -0.432 e. The van der Waals surface area contributed by atoms with Gasteiger partial charge in [-0.05, 0) is 30.3 Å². The van der Waals surface area contributed by atoms with E-state index in [9.17, 15) is 26.8 Å². The van der Waals surface area contributed by atoms with Crippen LogP contribution >= 0.6 is 0 Å². The van der Waals surface area contributed by atoms with E-state index in [-0.39, 0.29) is 31.5 Å². The number of hydrogen-bond donors (Lipinski definition) is 0. The van der Waals surface area contributed by atoms with Crippen molar-refractivity contribution in [2.75, 3.05) is 18.0 Å². The molecule has 0 aliphatic carbocycles. The molecule has 7 nitrogen and oxygen atoms in total. The van der Waals surface area contributed by atoms with Gasteiger partial charge in [-0.2, -0.15) is 0 Å². The molecule has 158 valence electrons. The van der Waals surface area contributed by atoms with Crippen LogP contribution in [0.4, 0.5) is 19.3 Å². The number of rotatable bonds is 4. The summed E-state index contributed by atoms with van der Waals surface area (Å²) in [6.45, 7) is -0.165. The zero-order valence-electron chi connectivity index (χ0n) is 15.8. The largest absolute Gasteiger partial charge is 0.432 e. The molecule has 2 aromatic rings. The van der Waals surface area contributed by atoms with Crippen LogP contribution in [0.1, 0.15) is 18.4 Å². The number of amides is 2. The first-order valence-electron chi connectivity index (χ1n) is 9.26. The molecule has 0 aromatic heterocycles. The van der Waals surface area contributed by atoms with Crippen molar-refractivity contribution < 1.29 is 31.5 Å². The second kappa shape index (κ2) is 7.44. The summed E-state index contributed by atoms with van der Waals surface area (Å²) < 4.78 is 59.1. The number of piperidine rings is 1. The molecule has 2 aromatic carbocycles. The van der Waals surface area contributed by atoms with Crippen molar-refractivity contribution in [3.63, 3.8) is 0 Å². The molecule has 0 atom stereocenters. The Morgan fingerprint density at radius 3 is 2.33 bits per heavy atom. The average Bonchev–Trinajstić information content (AvgIpc) is 2.95. The van der Waals surface area contributed by atoms with E-state index in [1.165, 1.54) is 0 Å². The van der Waals surface area contributed by atoms with Crippen LogP contribution in [0.25, 0.3) is 0 Å². The Kier molecular flexibility index (Phi) is 5.07. The lowest BCUT2D eigenvalue weighted by Crippen LogP contribution is -2.51. The maximum atomic E-state index is 13.8. The molecular weight excluding hydrogens is 418 g/mol. The number of nitrogens with zero attached hydrogens (tertiary/aromatic N) is 2. The number of carbonyl (C=O) groups is 2. The molecule has 2 saturated heterocycles. The molecule has 2 aliphatic heterocycles. The van der Waals surface area contributed by atoms with Crippen LogP contribution in [0.2, 0.25) is 0 Å². The highest BCUT2D eigenvalue weighted by Gasteiger charge is 2.56. The fraction of sp³-hybridized carbons (Fsp3) is 0.300. The third-order valence-electron chi connectivity index (χ3n) is 5.34. The first-order chi connectivity index (χ1) is 14.2. The molecule has 2 aliphatic rings. The first-order valence-corrected chi connectivity index (χ1v) is 10.9. The summed E-state index contributed by atoms with van der Waals surface area (Å²) in [6.07, 6.45) is -0.846. The zero-order valence-corrected chi connectivity index (χ0v) is 16.6. The summed E-state index contributed by atoms with van der Waals surface area (Å²) in [6, 6.07) is 10.9. The quantitative estimate of drug-likeness (QED) is 0.736. The van der Waals surface area contributed by atoms with Crippen LogP contribution in [0.3, 0.4) is 0 Å². The third kappa shape index (κ3) is 3.56. The highest BCUT2D eigenvalue weighted by Crippen LogP contribution is 2.37. The smallest absolute Gasteiger partial charge is 0.422 e. The predicted octanol–water partition coefficient (Wildman–Crippen LogP) is 2.81. The number of sulfonamides is 1. The summed E-state index contributed by atoms with van der Waals surface area (Å²) in [4.78, 5) is 26.2. The lowest BCUT2D eigenvalue weighted by Gasteiger charge is -2.35. The number of halogens is 2. The lowest BCUT2D eigenvalue weighted by molar-refractivity contribution is -0.132. The van der Waals surface area contributed by atoms with Crippen LogP contribution in [-0.2, 0) is 25.3 Å². The highest BCUT2D eigenvalue weighted by atomic mass is 32.2. The Morgan fingerprint density at radius 1 is 1.00 bits per heavy atom. The molecule has 30 heavy (non-hydrogen) atoms. The average molecular weight is 436 g/mol. The molecule has 0 N–H and O–H groups in total. The van der Waals surface area contributed by atoms with Gasteiger partial charge >= 0.3 is 6.09 Å². The van der Waals surface area contributed by atoms with E-state index in [1.807, 2.05) is 0 Å². The Hall–Kier alpha value is -2.85. The topological polar surface area (TPSA) is 84.0 Å². The molecule has 2 heterocycles. The SMILES string of the molecule is O=C1OC2(CCN(S(=O)(=O)Cc3cc(F)ccc3F)CC2)C(=O)N1c1ccccc1. The van der Waals surface area contributed by atoms with Gasteiger partial charge in [0.15, 0.2) is 5.60 Å². The molecular formula is C20H18F2N2O5S. The van der Waals surface area contributed by atoms with Gasteiger partial charge in [-0.3, -0.25) is 4.79 Å². The van der Waals surface area contributed by atoms with Crippen LogP contribution in [0.5, 0.6) is 0 Å². The van der Waals surface area contributed by atoms with Gasteiger partial charge in [0.25, 0.3) is 5.91 Å². The summed E-state index contributed by atoms with van der Waals surface area (Å²) in [5.41, 5.74) is -1.32.